The molecule has 2 N–H and O–H groups in total. The van der Waals surface area contributed by atoms with Gasteiger partial charge < -0.3 is 9.84 Å². The summed E-state index contributed by atoms with van der Waals surface area (Å²) in [7, 11) is 0. The van der Waals surface area contributed by atoms with Crippen molar-refractivity contribution in [1.82, 2.24) is 9.55 Å². The first-order chi connectivity index (χ1) is 10.6. The molecule has 1 aromatic heterocycles. The van der Waals surface area contributed by atoms with Crippen LogP contribution in [0, 0.1) is 6.92 Å². The van der Waals surface area contributed by atoms with Crippen LogP contribution in [0.5, 0.6) is 0 Å². The summed E-state index contributed by atoms with van der Waals surface area (Å²) in [5.74, 6) is 0. The van der Waals surface area contributed by atoms with Crippen LogP contribution < -0.4 is 11.2 Å². The summed E-state index contributed by atoms with van der Waals surface area (Å²) < 4.78 is 7.42. The number of aromatic nitrogens is 2. The quantitative estimate of drug-likeness (QED) is 0.887. The zero-order chi connectivity index (χ0) is 15.7. The second-order valence-corrected chi connectivity index (χ2v) is 5.61. The molecule has 0 saturated carbocycles. The number of benzene rings is 1. The molecule has 1 aliphatic heterocycles. The maximum absolute atomic E-state index is 12.0. The van der Waals surface area contributed by atoms with Crippen molar-refractivity contribution in [3.63, 3.8) is 0 Å². The fourth-order valence-corrected chi connectivity index (χ4v) is 2.89. The first-order valence-corrected chi connectivity index (χ1v) is 7.22. The molecule has 1 aliphatic rings. The predicted octanol–water partition coefficient (Wildman–Crippen LogP) is 1.04. The smallest absolute Gasteiger partial charge is 0.330 e. The van der Waals surface area contributed by atoms with Crippen LogP contribution >= 0.6 is 0 Å². The van der Waals surface area contributed by atoms with E-state index >= 15 is 0 Å². The summed E-state index contributed by atoms with van der Waals surface area (Å²) >= 11 is 0. The summed E-state index contributed by atoms with van der Waals surface area (Å²) in [4.78, 5) is 25.7. The van der Waals surface area contributed by atoms with Gasteiger partial charge in [-0.25, -0.2) is 4.79 Å². The summed E-state index contributed by atoms with van der Waals surface area (Å²) in [6.07, 6.45) is 2.18. The van der Waals surface area contributed by atoms with E-state index in [0.717, 1.165) is 5.56 Å². The molecule has 6 nitrogen and oxygen atoms in total. The van der Waals surface area contributed by atoms with Gasteiger partial charge in [-0.15, -0.1) is 0 Å². The van der Waals surface area contributed by atoms with Crippen LogP contribution in [0.4, 0.5) is 0 Å². The van der Waals surface area contributed by atoms with Crippen LogP contribution in [0.15, 0.2) is 46.1 Å². The second kappa shape index (κ2) is 5.55. The van der Waals surface area contributed by atoms with Gasteiger partial charge in [0.2, 0.25) is 0 Å². The third-order valence-corrected chi connectivity index (χ3v) is 4.17. The average Bonchev–Trinajstić information content (AvgIpc) is 2.97. The highest BCUT2D eigenvalue weighted by atomic mass is 16.5. The molecule has 1 saturated heterocycles. The minimum absolute atomic E-state index is 0.162. The lowest BCUT2D eigenvalue weighted by molar-refractivity contribution is -0.104. The van der Waals surface area contributed by atoms with Crippen molar-refractivity contribution < 1.29 is 9.84 Å². The van der Waals surface area contributed by atoms with E-state index in [1.165, 1.54) is 10.8 Å². The van der Waals surface area contributed by atoms with E-state index in [4.69, 9.17) is 4.74 Å². The highest BCUT2D eigenvalue weighted by Gasteiger charge is 2.42. The van der Waals surface area contributed by atoms with Crippen LogP contribution in [0.3, 0.4) is 0 Å². The molecule has 1 aromatic carbocycles. The maximum Gasteiger partial charge on any atom is 0.330 e. The Morgan fingerprint density at radius 2 is 2.09 bits per heavy atom. The predicted molar refractivity (Wildman–Crippen MR) is 80.6 cm³/mol. The van der Waals surface area contributed by atoms with Crippen LogP contribution in [0.1, 0.15) is 30.2 Å². The first-order valence-electron chi connectivity index (χ1n) is 7.22. The molecule has 116 valence electrons. The van der Waals surface area contributed by atoms with Crippen molar-refractivity contribution in [3.05, 3.63) is 68.5 Å². The number of aromatic amines is 1. The van der Waals surface area contributed by atoms with E-state index in [9.17, 15) is 14.7 Å². The van der Waals surface area contributed by atoms with Gasteiger partial charge in [-0.2, -0.15) is 0 Å². The van der Waals surface area contributed by atoms with Gasteiger partial charge >= 0.3 is 5.69 Å². The van der Waals surface area contributed by atoms with Gasteiger partial charge in [0.15, 0.2) is 0 Å². The standard InChI is InChI=1S/C16H18N2O4/c1-11-9-18(15(21)17-14(11)20)13-7-8-16(10-19,22-13)12-5-3-2-4-6-12/h2-6,9,13,19H,7-8,10H2,1H3,(H,17,20,21)/t13-,16+/m1/s1. The molecule has 2 atom stereocenters. The highest BCUT2D eigenvalue weighted by molar-refractivity contribution is 5.24. The average molecular weight is 302 g/mol. The summed E-state index contributed by atoms with van der Waals surface area (Å²) in [6, 6.07) is 9.48. The molecule has 2 aromatic rings. The number of nitrogens with one attached hydrogen (secondary N) is 1. The summed E-state index contributed by atoms with van der Waals surface area (Å²) in [6.45, 7) is 1.48. The van der Waals surface area contributed by atoms with Crippen molar-refractivity contribution >= 4 is 0 Å². The number of H-pyrrole nitrogens is 1. The number of aryl methyl sites for hydroxylation is 1. The molecule has 0 bridgehead atoms. The third kappa shape index (κ3) is 2.40. The van der Waals surface area contributed by atoms with Crippen molar-refractivity contribution in [2.75, 3.05) is 6.61 Å². The van der Waals surface area contributed by atoms with E-state index in [1.54, 1.807) is 6.92 Å². The molecular weight excluding hydrogens is 284 g/mol. The van der Waals surface area contributed by atoms with Gasteiger partial charge in [-0.3, -0.25) is 14.3 Å². The van der Waals surface area contributed by atoms with Gasteiger partial charge in [0.25, 0.3) is 5.56 Å². The molecule has 0 radical (unpaired) electrons. The van der Waals surface area contributed by atoms with Crippen molar-refractivity contribution in [2.24, 2.45) is 0 Å². The zero-order valence-electron chi connectivity index (χ0n) is 12.3. The lowest BCUT2D eigenvalue weighted by Gasteiger charge is -2.28. The van der Waals surface area contributed by atoms with E-state index in [1.807, 2.05) is 30.3 Å². The molecular formula is C16H18N2O4. The van der Waals surface area contributed by atoms with Crippen molar-refractivity contribution in [2.45, 2.75) is 31.6 Å². The van der Waals surface area contributed by atoms with Gasteiger partial charge in [-0.1, -0.05) is 30.3 Å². The van der Waals surface area contributed by atoms with E-state index in [2.05, 4.69) is 4.98 Å². The summed E-state index contributed by atoms with van der Waals surface area (Å²) in [5, 5.41) is 9.83. The number of hydrogen-bond donors (Lipinski definition) is 2. The maximum atomic E-state index is 12.0. The fourth-order valence-electron chi connectivity index (χ4n) is 2.89. The molecule has 0 amide bonds. The Morgan fingerprint density at radius 1 is 1.36 bits per heavy atom. The molecule has 0 spiro atoms. The van der Waals surface area contributed by atoms with Crippen LogP contribution in [-0.2, 0) is 10.3 Å². The Labute approximate surface area is 127 Å². The van der Waals surface area contributed by atoms with Crippen molar-refractivity contribution in [3.8, 4) is 0 Å². The highest BCUT2D eigenvalue weighted by Crippen LogP contribution is 2.42. The number of nitrogens with zero attached hydrogens (tertiary/aromatic N) is 1. The minimum atomic E-state index is -0.810. The number of ether oxygens (including phenoxy) is 1. The second-order valence-electron chi connectivity index (χ2n) is 5.61. The third-order valence-electron chi connectivity index (χ3n) is 4.17. The number of aliphatic hydroxyl groups is 1. The van der Waals surface area contributed by atoms with Crippen LogP contribution in [0.25, 0.3) is 0 Å². The van der Waals surface area contributed by atoms with Gasteiger partial charge in [-0.05, 0) is 25.3 Å². The SMILES string of the molecule is Cc1cn([C@H]2CC[C@](CO)(c3ccccc3)O2)c(=O)[nH]c1=O. The van der Waals surface area contributed by atoms with Crippen molar-refractivity contribution in [1.29, 1.82) is 0 Å². The lowest BCUT2D eigenvalue weighted by Crippen LogP contribution is -2.35. The Kier molecular flexibility index (Phi) is 3.72. The van der Waals surface area contributed by atoms with Crippen LogP contribution in [-0.4, -0.2) is 21.3 Å². The fraction of sp³-hybridized carbons (Fsp3) is 0.375. The molecule has 2 heterocycles. The molecule has 22 heavy (non-hydrogen) atoms. The zero-order valence-corrected chi connectivity index (χ0v) is 12.3. The molecule has 0 unspecified atom stereocenters. The Balaban J connectivity index is 1.96. The Bertz CT molecular complexity index is 781. The Hall–Kier alpha value is -2.18. The topological polar surface area (TPSA) is 84.3 Å². The molecule has 3 rings (SSSR count). The van der Waals surface area contributed by atoms with Crippen LogP contribution in [0.2, 0.25) is 0 Å². The number of aliphatic hydroxyl groups excluding tert-OH is 1. The monoisotopic (exact) mass is 302 g/mol. The van der Waals surface area contributed by atoms with E-state index in [-0.39, 0.29) is 6.61 Å². The Morgan fingerprint density at radius 3 is 2.77 bits per heavy atom. The van der Waals surface area contributed by atoms with E-state index in [0.29, 0.717) is 18.4 Å². The van der Waals surface area contributed by atoms with Gasteiger partial charge in [0.05, 0.1) is 6.61 Å². The van der Waals surface area contributed by atoms with Gasteiger partial charge in [0, 0.05) is 11.8 Å². The molecule has 0 aliphatic carbocycles. The first kappa shape index (κ1) is 14.7. The largest absolute Gasteiger partial charge is 0.393 e. The summed E-state index contributed by atoms with van der Waals surface area (Å²) in [5.41, 5.74) is -0.369. The molecule has 1 fully saturated rings. The van der Waals surface area contributed by atoms with E-state index < -0.39 is 23.1 Å². The van der Waals surface area contributed by atoms with Gasteiger partial charge in [0.1, 0.15) is 11.8 Å². The lowest BCUT2D eigenvalue weighted by atomic mass is 9.92. The minimum Gasteiger partial charge on any atom is -0.393 e. The normalized spacial score (nSPS) is 24.5. The number of hydrogen-bond acceptors (Lipinski definition) is 4. The molecule has 6 heteroatoms. The number of rotatable bonds is 3.